The zero-order valence-electron chi connectivity index (χ0n) is 15.3. The predicted octanol–water partition coefficient (Wildman–Crippen LogP) is 4.17. The summed E-state index contributed by atoms with van der Waals surface area (Å²) in [6.45, 7) is 0. The highest BCUT2D eigenvalue weighted by Crippen LogP contribution is 2.58. The number of hydrogen-bond acceptors (Lipinski definition) is 7. The quantitative estimate of drug-likeness (QED) is 0.388. The smallest absolute Gasteiger partial charge is 0.373 e. The third-order valence-corrected chi connectivity index (χ3v) is 5.69. The van der Waals surface area contributed by atoms with Crippen LogP contribution in [0, 0.1) is 38.0 Å². The molecule has 2 bridgehead atoms. The van der Waals surface area contributed by atoms with E-state index in [1.807, 2.05) is 0 Å². The number of anilines is 1. The predicted molar refractivity (Wildman–Crippen MR) is 92.2 cm³/mol. The second-order valence-electron chi connectivity index (χ2n) is 7.37. The summed E-state index contributed by atoms with van der Waals surface area (Å²) >= 11 is 0. The Morgan fingerprint density at radius 2 is 1.65 bits per heavy atom. The molecule has 15 heteroatoms. The van der Waals surface area contributed by atoms with Gasteiger partial charge in [-0.15, -0.1) is 0 Å². The molecule has 0 amide bonds. The molecule has 1 aromatic rings. The van der Waals surface area contributed by atoms with E-state index < -0.39 is 68.3 Å². The number of non-ortho nitro benzene ring substituents is 1. The molecule has 9 nitrogen and oxygen atoms in total. The topological polar surface area (TPSA) is 131 Å². The van der Waals surface area contributed by atoms with E-state index in [1.165, 1.54) is 0 Å². The Hall–Kier alpha value is -2.97. The molecule has 0 saturated heterocycles. The van der Waals surface area contributed by atoms with Crippen LogP contribution in [0.4, 0.5) is 43.4 Å². The van der Waals surface area contributed by atoms with Crippen LogP contribution >= 0.6 is 0 Å². The van der Waals surface area contributed by atoms with Crippen LogP contribution in [-0.4, -0.2) is 38.6 Å². The van der Waals surface area contributed by atoms with Gasteiger partial charge in [0.05, 0.1) is 15.9 Å². The Balaban J connectivity index is 2.04. The van der Waals surface area contributed by atoms with E-state index in [0.29, 0.717) is 6.07 Å². The Kier molecular flexibility index (Phi) is 5.36. The largest absolute Gasteiger partial charge is 0.426 e. The van der Waals surface area contributed by atoms with Crippen LogP contribution in [0.25, 0.3) is 0 Å². The van der Waals surface area contributed by atoms with Crippen LogP contribution in [0.3, 0.4) is 0 Å². The Bertz CT molecular complexity index is 933. The van der Waals surface area contributed by atoms with Gasteiger partial charge in [-0.25, -0.2) is 0 Å². The third-order valence-electron chi connectivity index (χ3n) is 5.69. The Morgan fingerprint density at radius 3 is 2.16 bits per heavy atom. The molecular formula is C16H14F6N4O5. The Morgan fingerprint density at radius 1 is 1.03 bits per heavy atom. The SMILES string of the molecule is O=[N+]([O-])c1ccc(NN=C2C3CCC(C3)C2C(O)(C(F)(F)F)C(F)(F)F)c([N+](=O)[O-])c1. The van der Waals surface area contributed by atoms with Gasteiger partial charge in [0.25, 0.3) is 11.3 Å². The molecule has 2 N–H and O–H groups in total. The molecule has 0 radical (unpaired) electrons. The van der Waals surface area contributed by atoms with Crippen LogP contribution in [0.2, 0.25) is 0 Å². The molecule has 2 aliphatic carbocycles. The third kappa shape index (κ3) is 3.66. The van der Waals surface area contributed by atoms with Gasteiger partial charge in [0, 0.05) is 17.7 Å². The molecule has 2 fully saturated rings. The number of hydrazone groups is 1. The highest BCUT2D eigenvalue weighted by molar-refractivity contribution is 5.94. The van der Waals surface area contributed by atoms with E-state index >= 15 is 0 Å². The van der Waals surface area contributed by atoms with E-state index in [9.17, 15) is 51.7 Å². The maximum atomic E-state index is 13.4. The molecular weight excluding hydrogens is 442 g/mol. The number of aliphatic hydroxyl groups is 1. The first-order valence-electron chi connectivity index (χ1n) is 8.80. The van der Waals surface area contributed by atoms with Crippen LogP contribution in [0.5, 0.6) is 0 Å². The molecule has 3 rings (SSSR count). The number of rotatable bonds is 5. The van der Waals surface area contributed by atoms with Gasteiger partial charge in [-0.2, -0.15) is 31.4 Å². The zero-order chi connectivity index (χ0) is 23.4. The number of nitrogens with zero attached hydrogens (tertiary/aromatic N) is 3. The minimum atomic E-state index is -6.04. The second kappa shape index (κ2) is 7.32. The van der Waals surface area contributed by atoms with Gasteiger partial charge < -0.3 is 5.11 Å². The van der Waals surface area contributed by atoms with Crippen LogP contribution in [-0.2, 0) is 0 Å². The lowest BCUT2D eigenvalue weighted by molar-refractivity contribution is -0.393. The number of nitrogens with one attached hydrogen (secondary N) is 1. The highest BCUT2D eigenvalue weighted by Gasteiger charge is 2.77. The molecule has 0 aromatic heterocycles. The van der Waals surface area contributed by atoms with Crippen molar-refractivity contribution >= 4 is 22.8 Å². The van der Waals surface area contributed by atoms with Gasteiger partial charge in [0.1, 0.15) is 5.69 Å². The van der Waals surface area contributed by atoms with Gasteiger partial charge >= 0.3 is 18.0 Å². The van der Waals surface area contributed by atoms with E-state index in [-0.39, 0.29) is 19.3 Å². The average Bonchev–Trinajstić information content (AvgIpc) is 3.24. The minimum absolute atomic E-state index is 0.0283. The zero-order valence-corrected chi connectivity index (χ0v) is 15.3. The maximum absolute atomic E-state index is 13.4. The lowest BCUT2D eigenvalue weighted by Gasteiger charge is -2.41. The summed E-state index contributed by atoms with van der Waals surface area (Å²) in [6.07, 6.45) is -11.9. The fraction of sp³-hybridized carbons (Fsp3) is 0.562. The van der Waals surface area contributed by atoms with Gasteiger partial charge in [-0.3, -0.25) is 25.7 Å². The minimum Gasteiger partial charge on any atom is -0.373 e. The maximum Gasteiger partial charge on any atom is 0.426 e. The lowest BCUT2D eigenvalue weighted by atomic mass is 9.74. The summed E-state index contributed by atoms with van der Waals surface area (Å²) in [6, 6.07) is 2.29. The van der Waals surface area contributed by atoms with Crippen molar-refractivity contribution in [3.05, 3.63) is 38.4 Å². The molecule has 0 spiro atoms. The summed E-state index contributed by atoms with van der Waals surface area (Å²) in [5.41, 5.74) is -5.53. The van der Waals surface area contributed by atoms with Crippen LogP contribution < -0.4 is 5.43 Å². The first-order chi connectivity index (χ1) is 14.2. The number of halogens is 6. The van der Waals surface area contributed by atoms with Gasteiger partial charge in [-0.1, -0.05) is 0 Å². The number of benzene rings is 1. The fourth-order valence-corrected chi connectivity index (χ4v) is 4.32. The van der Waals surface area contributed by atoms with Crippen molar-refractivity contribution in [1.82, 2.24) is 0 Å². The fourth-order valence-electron chi connectivity index (χ4n) is 4.32. The van der Waals surface area contributed by atoms with Crippen molar-refractivity contribution in [1.29, 1.82) is 0 Å². The molecule has 170 valence electrons. The summed E-state index contributed by atoms with van der Waals surface area (Å²) in [5.74, 6) is -4.34. The van der Waals surface area contributed by atoms with Crippen molar-refractivity contribution < 1.29 is 41.3 Å². The summed E-state index contributed by atoms with van der Waals surface area (Å²) in [5, 5.41) is 35.4. The van der Waals surface area contributed by atoms with Crippen molar-refractivity contribution in [3.8, 4) is 0 Å². The molecule has 2 aliphatic rings. The molecule has 3 atom stereocenters. The standard InChI is InChI=1S/C16H14F6N4O5/c17-15(18,19)14(27,16(20,21)22)12-7-1-2-8(5-7)13(12)24-23-10-4-3-9(25(28)29)6-11(10)26(30)31/h3-4,6-8,12,23,27H,1-2,5H2. The van der Waals surface area contributed by atoms with Gasteiger partial charge in [-0.05, 0) is 37.2 Å². The first-order valence-corrected chi connectivity index (χ1v) is 8.80. The first kappa shape index (κ1) is 22.7. The van der Waals surface area contributed by atoms with Crippen molar-refractivity contribution in [2.45, 2.75) is 37.2 Å². The normalized spacial score (nSPS) is 25.1. The van der Waals surface area contributed by atoms with Crippen molar-refractivity contribution in [2.24, 2.45) is 22.9 Å². The average molecular weight is 456 g/mol. The highest BCUT2D eigenvalue weighted by atomic mass is 19.4. The van der Waals surface area contributed by atoms with E-state index in [2.05, 4.69) is 10.5 Å². The Labute approximate surface area is 169 Å². The van der Waals surface area contributed by atoms with E-state index in [0.717, 1.165) is 12.1 Å². The summed E-state index contributed by atoms with van der Waals surface area (Å²) < 4.78 is 80.4. The van der Waals surface area contributed by atoms with Crippen LogP contribution in [0.15, 0.2) is 23.3 Å². The lowest BCUT2D eigenvalue weighted by Crippen LogP contribution is -2.64. The van der Waals surface area contributed by atoms with Gasteiger partial charge in [0.2, 0.25) is 0 Å². The number of hydrogen-bond donors (Lipinski definition) is 2. The number of nitro benzene ring substituents is 2. The number of alkyl halides is 6. The van der Waals surface area contributed by atoms with Crippen molar-refractivity contribution in [3.63, 3.8) is 0 Å². The van der Waals surface area contributed by atoms with Crippen LogP contribution in [0.1, 0.15) is 19.3 Å². The summed E-state index contributed by atoms with van der Waals surface area (Å²) in [7, 11) is 0. The molecule has 1 aromatic carbocycles. The monoisotopic (exact) mass is 456 g/mol. The van der Waals surface area contributed by atoms with Crippen molar-refractivity contribution in [2.75, 3.05) is 5.43 Å². The van der Waals surface area contributed by atoms with E-state index in [1.54, 1.807) is 0 Å². The van der Waals surface area contributed by atoms with Gasteiger partial charge in [0.15, 0.2) is 0 Å². The summed E-state index contributed by atoms with van der Waals surface area (Å²) in [4.78, 5) is 20.0. The molecule has 31 heavy (non-hydrogen) atoms. The molecule has 2 saturated carbocycles. The molecule has 0 heterocycles. The number of nitro groups is 2. The number of fused-ring (bicyclic) bond motifs is 2. The van der Waals surface area contributed by atoms with E-state index in [4.69, 9.17) is 0 Å². The molecule has 3 unspecified atom stereocenters. The second-order valence-corrected chi connectivity index (χ2v) is 7.37. The molecule has 0 aliphatic heterocycles.